The largest absolute Gasteiger partial charge is 0.360 e. The molecule has 2 aromatic rings. The first-order chi connectivity index (χ1) is 10.2. The lowest BCUT2D eigenvalue weighted by atomic mass is 9.88. The molecule has 1 heterocycles. The van der Waals surface area contributed by atoms with E-state index in [0.717, 1.165) is 0 Å². The van der Waals surface area contributed by atoms with Gasteiger partial charge in [0.15, 0.2) is 0 Å². The van der Waals surface area contributed by atoms with Gasteiger partial charge in [0.25, 0.3) is 5.91 Å². The van der Waals surface area contributed by atoms with Crippen LogP contribution in [-0.2, 0) is 0 Å². The van der Waals surface area contributed by atoms with Gasteiger partial charge in [0.05, 0.1) is 5.02 Å². The first-order valence-electron chi connectivity index (χ1n) is 7.24. The van der Waals surface area contributed by atoms with Gasteiger partial charge in [0.1, 0.15) is 17.0 Å². The number of aryl methyl sites for hydroxylation is 1. The summed E-state index contributed by atoms with van der Waals surface area (Å²) in [7, 11) is 0. The van der Waals surface area contributed by atoms with Gasteiger partial charge in [-0.1, -0.05) is 55.7 Å². The van der Waals surface area contributed by atoms with E-state index in [-0.39, 0.29) is 17.4 Å². The van der Waals surface area contributed by atoms with E-state index in [1.54, 1.807) is 13.0 Å². The van der Waals surface area contributed by atoms with Crippen molar-refractivity contribution in [1.29, 1.82) is 0 Å². The van der Waals surface area contributed by atoms with E-state index in [4.69, 9.17) is 16.1 Å². The Balaban J connectivity index is 2.39. The van der Waals surface area contributed by atoms with Crippen LogP contribution in [0.1, 0.15) is 43.8 Å². The Morgan fingerprint density at radius 1 is 1.32 bits per heavy atom. The van der Waals surface area contributed by atoms with Crippen LogP contribution in [0.5, 0.6) is 0 Å². The molecule has 22 heavy (non-hydrogen) atoms. The van der Waals surface area contributed by atoms with Crippen molar-refractivity contribution in [3.63, 3.8) is 0 Å². The van der Waals surface area contributed by atoms with Crippen molar-refractivity contribution in [3.05, 3.63) is 40.6 Å². The molecule has 0 bridgehead atoms. The molecule has 0 fully saturated rings. The van der Waals surface area contributed by atoms with Gasteiger partial charge >= 0.3 is 0 Å². The Bertz CT molecular complexity index is 686. The second-order valence-electron chi connectivity index (χ2n) is 6.50. The topological polar surface area (TPSA) is 55.1 Å². The molecule has 1 aromatic carbocycles. The van der Waals surface area contributed by atoms with Crippen LogP contribution in [0.2, 0.25) is 5.02 Å². The molecule has 118 valence electrons. The Kier molecular flexibility index (Phi) is 4.61. The van der Waals surface area contributed by atoms with E-state index in [0.29, 0.717) is 27.6 Å². The van der Waals surface area contributed by atoms with Crippen LogP contribution in [0.4, 0.5) is 0 Å². The summed E-state index contributed by atoms with van der Waals surface area (Å²) < 4.78 is 5.22. The van der Waals surface area contributed by atoms with Gasteiger partial charge in [-0.25, -0.2) is 0 Å². The van der Waals surface area contributed by atoms with Crippen molar-refractivity contribution >= 4 is 17.5 Å². The van der Waals surface area contributed by atoms with Crippen LogP contribution in [0.3, 0.4) is 0 Å². The number of hydrogen-bond acceptors (Lipinski definition) is 3. The molecule has 0 aliphatic heterocycles. The van der Waals surface area contributed by atoms with Crippen molar-refractivity contribution in [3.8, 4) is 11.3 Å². The summed E-state index contributed by atoms with van der Waals surface area (Å²) in [5.74, 6) is 0.282. The molecule has 5 heteroatoms. The molecular formula is C17H21ClN2O2. The average molecular weight is 321 g/mol. The van der Waals surface area contributed by atoms with Gasteiger partial charge in [-0.3, -0.25) is 4.79 Å². The lowest BCUT2D eigenvalue weighted by molar-refractivity contribution is 0.0909. The number of carbonyl (C=O) groups is 1. The van der Waals surface area contributed by atoms with Crippen molar-refractivity contribution in [1.82, 2.24) is 10.5 Å². The van der Waals surface area contributed by atoms with Crippen molar-refractivity contribution in [2.24, 2.45) is 5.41 Å². The molecular weight excluding hydrogens is 300 g/mol. The Labute approximate surface area is 135 Å². The molecule has 1 atom stereocenters. The van der Waals surface area contributed by atoms with E-state index in [1.807, 2.05) is 25.1 Å². The van der Waals surface area contributed by atoms with Gasteiger partial charge in [-0.05, 0) is 25.3 Å². The number of carbonyl (C=O) groups excluding carboxylic acids is 1. The van der Waals surface area contributed by atoms with Gasteiger partial charge in [-0.15, -0.1) is 0 Å². The maximum Gasteiger partial charge on any atom is 0.257 e. The fourth-order valence-corrected chi connectivity index (χ4v) is 2.19. The first-order valence-corrected chi connectivity index (χ1v) is 7.61. The minimum Gasteiger partial charge on any atom is -0.360 e. The number of benzene rings is 1. The number of aromatic nitrogens is 1. The number of hydrogen-bond donors (Lipinski definition) is 1. The van der Waals surface area contributed by atoms with Crippen LogP contribution in [0, 0.1) is 12.3 Å². The SMILES string of the molecule is Cc1onc(-c2ccccc2Cl)c1C(=O)NC(C)C(C)(C)C. The number of nitrogens with zero attached hydrogens (tertiary/aromatic N) is 1. The van der Waals surface area contributed by atoms with E-state index >= 15 is 0 Å². The molecule has 1 N–H and O–H groups in total. The Morgan fingerprint density at radius 3 is 2.55 bits per heavy atom. The maximum atomic E-state index is 12.6. The number of halogens is 1. The molecule has 0 radical (unpaired) electrons. The molecule has 0 aliphatic carbocycles. The minimum atomic E-state index is -0.198. The quantitative estimate of drug-likeness (QED) is 0.907. The zero-order valence-electron chi connectivity index (χ0n) is 13.5. The highest BCUT2D eigenvalue weighted by Gasteiger charge is 2.27. The van der Waals surface area contributed by atoms with Crippen molar-refractivity contribution < 1.29 is 9.32 Å². The fraction of sp³-hybridized carbons (Fsp3) is 0.412. The summed E-state index contributed by atoms with van der Waals surface area (Å²) in [4.78, 5) is 12.6. The predicted octanol–water partition coefficient (Wildman–Crippen LogP) is 4.47. The first kappa shape index (κ1) is 16.6. The standard InChI is InChI=1S/C17H21ClN2O2/c1-10-14(16(21)19-11(2)17(3,4)5)15(20-22-10)12-8-6-7-9-13(12)18/h6-9,11H,1-5H3,(H,19,21). The third-order valence-corrected chi connectivity index (χ3v) is 4.19. The van der Waals surface area contributed by atoms with Crippen LogP contribution in [-0.4, -0.2) is 17.1 Å². The van der Waals surface area contributed by atoms with E-state index in [9.17, 15) is 4.79 Å². The molecule has 1 aromatic heterocycles. The zero-order chi connectivity index (χ0) is 16.5. The van der Waals surface area contributed by atoms with Crippen LogP contribution < -0.4 is 5.32 Å². The summed E-state index contributed by atoms with van der Waals surface area (Å²) in [6.07, 6.45) is 0. The summed E-state index contributed by atoms with van der Waals surface area (Å²) >= 11 is 6.21. The van der Waals surface area contributed by atoms with E-state index < -0.39 is 0 Å². The molecule has 0 spiro atoms. The predicted molar refractivity (Wildman–Crippen MR) is 88.1 cm³/mol. The van der Waals surface area contributed by atoms with Gasteiger partial charge in [0.2, 0.25) is 0 Å². The summed E-state index contributed by atoms with van der Waals surface area (Å²) in [5, 5.41) is 7.56. The van der Waals surface area contributed by atoms with Gasteiger partial charge in [-0.2, -0.15) is 0 Å². The Hall–Kier alpha value is -1.81. The third kappa shape index (κ3) is 3.33. The number of amides is 1. The van der Waals surface area contributed by atoms with E-state index in [2.05, 4.69) is 31.2 Å². The zero-order valence-corrected chi connectivity index (χ0v) is 14.3. The van der Waals surface area contributed by atoms with Crippen molar-refractivity contribution in [2.45, 2.75) is 40.7 Å². The molecule has 2 rings (SSSR count). The third-order valence-electron chi connectivity index (χ3n) is 3.87. The highest BCUT2D eigenvalue weighted by molar-refractivity contribution is 6.33. The van der Waals surface area contributed by atoms with Crippen LogP contribution >= 0.6 is 11.6 Å². The molecule has 0 saturated carbocycles. The van der Waals surface area contributed by atoms with Gasteiger partial charge < -0.3 is 9.84 Å². The number of rotatable bonds is 3. The smallest absolute Gasteiger partial charge is 0.257 e. The molecule has 0 aliphatic rings. The normalized spacial score (nSPS) is 13.0. The summed E-state index contributed by atoms with van der Waals surface area (Å²) in [5.41, 5.74) is 1.56. The van der Waals surface area contributed by atoms with Crippen molar-refractivity contribution in [2.75, 3.05) is 0 Å². The monoisotopic (exact) mass is 320 g/mol. The summed E-state index contributed by atoms with van der Waals surface area (Å²) in [6.45, 7) is 9.94. The second kappa shape index (κ2) is 6.13. The maximum absolute atomic E-state index is 12.6. The Morgan fingerprint density at radius 2 is 1.95 bits per heavy atom. The highest BCUT2D eigenvalue weighted by Crippen LogP contribution is 2.31. The molecule has 4 nitrogen and oxygen atoms in total. The lowest BCUT2D eigenvalue weighted by Crippen LogP contribution is -2.41. The van der Waals surface area contributed by atoms with Gasteiger partial charge in [0, 0.05) is 11.6 Å². The fourth-order valence-electron chi connectivity index (χ4n) is 1.96. The molecule has 0 saturated heterocycles. The minimum absolute atomic E-state index is 0.00777. The number of nitrogens with one attached hydrogen (secondary N) is 1. The molecule has 1 unspecified atom stereocenters. The highest BCUT2D eigenvalue weighted by atomic mass is 35.5. The van der Waals surface area contributed by atoms with Crippen LogP contribution in [0.15, 0.2) is 28.8 Å². The average Bonchev–Trinajstić information content (AvgIpc) is 2.80. The lowest BCUT2D eigenvalue weighted by Gasteiger charge is -2.28. The summed E-state index contributed by atoms with van der Waals surface area (Å²) in [6, 6.07) is 7.28. The second-order valence-corrected chi connectivity index (χ2v) is 6.91. The van der Waals surface area contributed by atoms with E-state index in [1.165, 1.54) is 0 Å². The molecule has 1 amide bonds. The van der Waals surface area contributed by atoms with Crippen LogP contribution in [0.25, 0.3) is 11.3 Å².